The van der Waals surface area contributed by atoms with E-state index in [1.807, 2.05) is 0 Å². The number of hydrogen-bond acceptors (Lipinski definition) is 3. The second-order valence-electron chi connectivity index (χ2n) is 3.85. The van der Waals surface area contributed by atoms with Gasteiger partial charge in [-0.25, -0.2) is 4.79 Å². The molecule has 5 nitrogen and oxygen atoms in total. The van der Waals surface area contributed by atoms with Crippen LogP contribution in [0, 0.1) is 0 Å². The number of hydrogen-bond donors (Lipinski definition) is 3. The molecule has 0 fully saturated rings. The molecule has 1 amide bonds. The zero-order valence-electron chi connectivity index (χ0n) is 9.47. The number of rotatable bonds is 5. The van der Waals surface area contributed by atoms with Crippen molar-refractivity contribution in [3.8, 4) is 0 Å². The zero-order chi connectivity index (χ0) is 13.9. The van der Waals surface area contributed by atoms with E-state index in [1.165, 1.54) is 0 Å². The van der Waals surface area contributed by atoms with E-state index in [-0.39, 0.29) is 6.42 Å². The monoisotopic (exact) mass is 256 g/mol. The predicted octanol–water partition coefficient (Wildman–Crippen LogP) is 0.636. The van der Waals surface area contributed by atoms with Crippen LogP contribution in [0.3, 0.4) is 0 Å². The van der Waals surface area contributed by atoms with Crippen LogP contribution in [-0.4, -0.2) is 34.7 Å². The van der Waals surface area contributed by atoms with E-state index >= 15 is 0 Å². The van der Waals surface area contributed by atoms with Crippen LogP contribution in [0.5, 0.6) is 0 Å². The molecule has 0 aliphatic rings. The number of carbonyl (C=O) groups is 2. The maximum Gasteiger partial charge on any atom is 0.415 e. The van der Waals surface area contributed by atoms with Crippen LogP contribution in [0.25, 0.3) is 0 Å². The standard InChI is InChI=1S/C9H15F3N2O3/c1-3-4-5(6(15)16)14-7(17)8(2,13)9(10,11)12/h5H,3-4,13H2,1-2H3,(H,14,17)(H,15,16). The van der Waals surface area contributed by atoms with Gasteiger partial charge in [0.15, 0.2) is 5.54 Å². The first-order valence-corrected chi connectivity index (χ1v) is 4.93. The number of aliphatic carboxylic acids is 1. The van der Waals surface area contributed by atoms with Crippen molar-refractivity contribution in [2.24, 2.45) is 5.73 Å². The van der Waals surface area contributed by atoms with Gasteiger partial charge in [0.1, 0.15) is 6.04 Å². The Labute approximate surface area is 96.2 Å². The number of carboxylic acids is 1. The predicted molar refractivity (Wildman–Crippen MR) is 53.1 cm³/mol. The van der Waals surface area contributed by atoms with E-state index in [4.69, 9.17) is 10.8 Å². The Morgan fingerprint density at radius 3 is 2.18 bits per heavy atom. The van der Waals surface area contributed by atoms with Gasteiger partial charge in [0.25, 0.3) is 0 Å². The van der Waals surface area contributed by atoms with Crippen LogP contribution in [0.4, 0.5) is 13.2 Å². The first kappa shape index (κ1) is 15.7. The molecule has 0 bridgehead atoms. The first-order chi connectivity index (χ1) is 7.54. The number of carbonyl (C=O) groups excluding carboxylic acids is 1. The SMILES string of the molecule is CCCC(NC(=O)C(C)(N)C(F)(F)F)C(=O)O. The van der Waals surface area contributed by atoms with Crippen molar-refractivity contribution in [2.45, 2.75) is 44.4 Å². The quantitative estimate of drug-likeness (QED) is 0.672. The van der Waals surface area contributed by atoms with Gasteiger partial charge in [-0.3, -0.25) is 4.79 Å². The van der Waals surface area contributed by atoms with E-state index in [2.05, 4.69) is 0 Å². The van der Waals surface area contributed by atoms with Gasteiger partial charge in [-0.05, 0) is 13.3 Å². The summed E-state index contributed by atoms with van der Waals surface area (Å²) < 4.78 is 37.2. The van der Waals surface area contributed by atoms with Crippen LogP contribution in [0.2, 0.25) is 0 Å². The normalized spacial score (nSPS) is 17.1. The molecule has 2 unspecified atom stereocenters. The van der Waals surface area contributed by atoms with Crippen LogP contribution in [0.15, 0.2) is 0 Å². The molecule has 100 valence electrons. The Morgan fingerprint density at radius 1 is 1.41 bits per heavy atom. The molecule has 8 heteroatoms. The van der Waals surface area contributed by atoms with Gasteiger partial charge in [-0.2, -0.15) is 13.2 Å². The van der Waals surface area contributed by atoms with Crippen LogP contribution >= 0.6 is 0 Å². The lowest BCUT2D eigenvalue weighted by Crippen LogP contribution is -2.63. The third kappa shape index (κ3) is 3.88. The van der Waals surface area contributed by atoms with Gasteiger partial charge in [0, 0.05) is 0 Å². The van der Waals surface area contributed by atoms with E-state index in [1.54, 1.807) is 12.2 Å². The minimum Gasteiger partial charge on any atom is -0.480 e. The summed E-state index contributed by atoms with van der Waals surface area (Å²) in [5.41, 5.74) is 1.75. The molecule has 0 aliphatic carbocycles. The van der Waals surface area contributed by atoms with Gasteiger partial charge < -0.3 is 16.2 Å². The summed E-state index contributed by atoms with van der Waals surface area (Å²) in [5.74, 6) is -2.94. The molecule has 0 saturated carbocycles. The highest BCUT2D eigenvalue weighted by atomic mass is 19.4. The third-order valence-corrected chi connectivity index (χ3v) is 2.24. The highest BCUT2D eigenvalue weighted by molar-refractivity contribution is 5.90. The molecule has 0 aromatic rings. The Balaban J connectivity index is 4.78. The maximum atomic E-state index is 12.4. The Kier molecular flexibility index (Phi) is 4.94. The highest BCUT2D eigenvalue weighted by Gasteiger charge is 2.54. The molecule has 4 N–H and O–H groups in total. The molecule has 0 aliphatic heterocycles. The maximum absolute atomic E-state index is 12.4. The minimum absolute atomic E-state index is 0.0367. The van der Waals surface area contributed by atoms with Crippen molar-refractivity contribution in [3.05, 3.63) is 0 Å². The second kappa shape index (κ2) is 5.35. The number of nitrogens with two attached hydrogens (primary N) is 1. The van der Waals surface area contributed by atoms with E-state index in [9.17, 15) is 22.8 Å². The lowest BCUT2D eigenvalue weighted by atomic mass is 10.0. The number of alkyl halides is 3. The average molecular weight is 256 g/mol. The van der Waals surface area contributed by atoms with Crippen molar-refractivity contribution in [1.82, 2.24) is 5.32 Å². The largest absolute Gasteiger partial charge is 0.480 e. The molecule has 0 radical (unpaired) electrons. The van der Waals surface area contributed by atoms with Gasteiger partial charge in [0.05, 0.1) is 0 Å². The number of nitrogens with one attached hydrogen (secondary N) is 1. The summed E-state index contributed by atoms with van der Waals surface area (Å²) in [6.45, 7) is 2.14. The van der Waals surface area contributed by atoms with Gasteiger partial charge in [-0.15, -0.1) is 0 Å². The summed E-state index contributed by atoms with van der Waals surface area (Å²) in [5, 5.41) is 10.5. The fourth-order valence-corrected chi connectivity index (χ4v) is 0.983. The van der Waals surface area contributed by atoms with Crippen molar-refractivity contribution >= 4 is 11.9 Å². The van der Waals surface area contributed by atoms with Crippen LogP contribution in [-0.2, 0) is 9.59 Å². The van der Waals surface area contributed by atoms with Gasteiger partial charge >= 0.3 is 12.1 Å². The third-order valence-electron chi connectivity index (χ3n) is 2.24. The Hall–Kier alpha value is -1.31. The number of amides is 1. The molecule has 17 heavy (non-hydrogen) atoms. The van der Waals surface area contributed by atoms with Gasteiger partial charge in [0.2, 0.25) is 5.91 Å². The zero-order valence-corrected chi connectivity index (χ0v) is 9.47. The Morgan fingerprint density at radius 2 is 1.88 bits per heavy atom. The number of carboxylic acid groups (broad SMARTS) is 1. The molecular formula is C9H15F3N2O3. The Bertz CT molecular complexity index is 302. The van der Waals surface area contributed by atoms with Crippen LogP contribution < -0.4 is 11.1 Å². The van der Waals surface area contributed by atoms with Crippen molar-refractivity contribution in [3.63, 3.8) is 0 Å². The van der Waals surface area contributed by atoms with E-state index in [0.717, 1.165) is 0 Å². The summed E-state index contributed by atoms with van der Waals surface area (Å²) in [6, 6.07) is -1.36. The molecule has 0 heterocycles. The summed E-state index contributed by atoms with van der Waals surface area (Å²) in [6.07, 6.45) is -4.49. The molecule has 0 spiro atoms. The molecule has 2 atom stereocenters. The van der Waals surface area contributed by atoms with Gasteiger partial charge in [-0.1, -0.05) is 13.3 Å². The molecular weight excluding hydrogens is 241 g/mol. The molecule has 0 aromatic carbocycles. The lowest BCUT2D eigenvalue weighted by molar-refractivity contribution is -0.188. The fraction of sp³-hybridized carbons (Fsp3) is 0.778. The lowest BCUT2D eigenvalue weighted by Gasteiger charge is -2.27. The van der Waals surface area contributed by atoms with Crippen molar-refractivity contribution < 1.29 is 27.9 Å². The topological polar surface area (TPSA) is 92.4 Å². The summed E-state index contributed by atoms with van der Waals surface area (Å²) in [7, 11) is 0. The summed E-state index contributed by atoms with van der Waals surface area (Å²) >= 11 is 0. The van der Waals surface area contributed by atoms with Crippen LogP contribution in [0.1, 0.15) is 26.7 Å². The molecule has 0 rings (SSSR count). The van der Waals surface area contributed by atoms with Crippen molar-refractivity contribution in [2.75, 3.05) is 0 Å². The average Bonchev–Trinajstić information content (AvgIpc) is 2.14. The van der Waals surface area contributed by atoms with E-state index in [0.29, 0.717) is 13.3 Å². The van der Waals surface area contributed by atoms with E-state index < -0.39 is 29.6 Å². The first-order valence-electron chi connectivity index (χ1n) is 4.93. The number of halogens is 3. The summed E-state index contributed by atoms with van der Waals surface area (Å²) in [4.78, 5) is 21.9. The smallest absolute Gasteiger partial charge is 0.415 e. The highest BCUT2D eigenvalue weighted by Crippen LogP contribution is 2.28. The fourth-order valence-electron chi connectivity index (χ4n) is 0.983. The second-order valence-corrected chi connectivity index (χ2v) is 3.85. The minimum atomic E-state index is -4.94. The molecule has 0 aromatic heterocycles. The van der Waals surface area contributed by atoms with Crippen molar-refractivity contribution in [1.29, 1.82) is 0 Å². The molecule has 0 saturated heterocycles.